The van der Waals surface area contributed by atoms with E-state index >= 15 is 4.39 Å². The average molecular weight is 564 g/mol. The fourth-order valence-corrected chi connectivity index (χ4v) is 7.40. The lowest BCUT2D eigenvalue weighted by Crippen LogP contribution is -2.44. The second kappa shape index (κ2) is 11.5. The van der Waals surface area contributed by atoms with Gasteiger partial charge in [0.15, 0.2) is 0 Å². The number of hydrogen-bond donors (Lipinski definition) is 1. The van der Waals surface area contributed by atoms with E-state index in [1.807, 2.05) is 18.0 Å². The molecular formula is C30H31F2N5S2. The fraction of sp³-hybridized carbons (Fsp3) is 0.300. The SMILES string of the molecule is CCc1cccc(C(CCN)C2(c3cccc(CC)c3)SC(c3cc(F)ccc3F)=NN2c2nnc(C)s2)c1. The van der Waals surface area contributed by atoms with Crippen molar-refractivity contribution in [1.82, 2.24) is 10.2 Å². The Labute approximate surface area is 236 Å². The molecule has 5 rings (SSSR count). The zero-order valence-electron chi connectivity index (χ0n) is 22.2. The second-order valence-corrected chi connectivity index (χ2v) is 11.9. The predicted molar refractivity (Wildman–Crippen MR) is 157 cm³/mol. The van der Waals surface area contributed by atoms with Crippen molar-refractivity contribution in [3.63, 3.8) is 0 Å². The number of anilines is 1. The molecule has 2 N–H and O–H groups in total. The van der Waals surface area contributed by atoms with Crippen molar-refractivity contribution >= 4 is 33.3 Å². The Morgan fingerprint density at radius 2 is 1.69 bits per heavy atom. The molecule has 0 radical (unpaired) electrons. The normalized spacial score (nSPS) is 17.9. The molecule has 2 heterocycles. The van der Waals surface area contributed by atoms with E-state index in [1.165, 1.54) is 40.3 Å². The minimum atomic E-state index is -0.878. The third kappa shape index (κ3) is 5.23. The van der Waals surface area contributed by atoms with Gasteiger partial charge in [-0.15, -0.1) is 10.2 Å². The fourth-order valence-electron chi connectivity index (χ4n) is 5.10. The van der Waals surface area contributed by atoms with Crippen molar-refractivity contribution < 1.29 is 8.78 Å². The number of aromatic nitrogens is 2. The summed E-state index contributed by atoms with van der Waals surface area (Å²) >= 11 is 2.85. The Morgan fingerprint density at radius 1 is 0.949 bits per heavy atom. The van der Waals surface area contributed by atoms with Crippen LogP contribution in [0.3, 0.4) is 0 Å². The van der Waals surface area contributed by atoms with Crippen molar-refractivity contribution in [3.8, 4) is 0 Å². The van der Waals surface area contributed by atoms with E-state index in [2.05, 4.69) is 66.5 Å². The van der Waals surface area contributed by atoms with Gasteiger partial charge in [0.2, 0.25) is 5.13 Å². The van der Waals surface area contributed by atoms with Crippen LogP contribution in [0.25, 0.3) is 0 Å². The molecule has 2 atom stereocenters. The minimum absolute atomic E-state index is 0.119. The summed E-state index contributed by atoms with van der Waals surface area (Å²) in [7, 11) is 0. The summed E-state index contributed by atoms with van der Waals surface area (Å²) in [5.74, 6) is -1.21. The number of halogens is 2. The molecule has 0 spiro atoms. The molecule has 1 aliphatic heterocycles. The van der Waals surface area contributed by atoms with E-state index in [-0.39, 0.29) is 11.5 Å². The van der Waals surface area contributed by atoms with E-state index in [9.17, 15) is 4.39 Å². The number of hydrazone groups is 1. The highest BCUT2D eigenvalue weighted by molar-refractivity contribution is 8.15. The summed E-state index contributed by atoms with van der Waals surface area (Å²) < 4.78 is 29.6. The molecule has 1 aliphatic rings. The molecular weight excluding hydrogens is 532 g/mol. The van der Waals surface area contributed by atoms with Gasteiger partial charge in [-0.2, -0.15) is 5.10 Å². The number of nitrogens with zero attached hydrogens (tertiary/aromatic N) is 4. The van der Waals surface area contributed by atoms with E-state index in [0.29, 0.717) is 23.1 Å². The van der Waals surface area contributed by atoms with Crippen molar-refractivity contribution in [1.29, 1.82) is 0 Å². The van der Waals surface area contributed by atoms with E-state index in [0.717, 1.165) is 41.1 Å². The average Bonchev–Trinajstić information content (AvgIpc) is 3.57. The Balaban J connectivity index is 1.81. The minimum Gasteiger partial charge on any atom is -0.330 e. The van der Waals surface area contributed by atoms with Crippen molar-refractivity contribution in [3.05, 3.63) is 111 Å². The maximum absolute atomic E-state index is 15.2. The molecule has 0 saturated carbocycles. The van der Waals surface area contributed by atoms with Crippen molar-refractivity contribution in [2.75, 3.05) is 11.6 Å². The Kier molecular flexibility index (Phi) is 8.11. The van der Waals surface area contributed by atoms with Crippen molar-refractivity contribution in [2.45, 2.75) is 50.8 Å². The smallest absolute Gasteiger partial charge is 0.230 e. The molecule has 2 unspecified atom stereocenters. The summed E-state index contributed by atoms with van der Waals surface area (Å²) in [6, 6.07) is 20.4. The Bertz CT molecular complexity index is 1500. The molecule has 39 heavy (non-hydrogen) atoms. The molecule has 202 valence electrons. The standard InChI is InChI=1S/C30H31F2N5S2/c1-4-20-8-6-10-22(16-20)26(14-15-33)30(23-11-7-9-21(5-2)17-23)37(29-35-34-19(3)38-29)36-28(39-30)25-18-24(31)12-13-27(25)32/h6-13,16-18,26H,4-5,14-15,33H2,1-3H3. The second-order valence-electron chi connectivity index (χ2n) is 9.53. The zero-order valence-corrected chi connectivity index (χ0v) is 23.8. The number of aryl methyl sites for hydroxylation is 3. The Morgan fingerprint density at radius 3 is 2.38 bits per heavy atom. The van der Waals surface area contributed by atoms with Crippen LogP contribution in [-0.4, -0.2) is 21.8 Å². The summed E-state index contributed by atoms with van der Waals surface area (Å²) in [4.78, 5) is -0.878. The first kappa shape index (κ1) is 27.4. The summed E-state index contributed by atoms with van der Waals surface area (Å²) in [6.07, 6.45) is 2.38. The number of nitrogens with two attached hydrogens (primary N) is 1. The van der Waals surface area contributed by atoms with Crippen LogP contribution >= 0.6 is 23.1 Å². The van der Waals surface area contributed by atoms with Gasteiger partial charge in [-0.1, -0.05) is 85.5 Å². The first-order valence-electron chi connectivity index (χ1n) is 13.1. The van der Waals surface area contributed by atoms with E-state index < -0.39 is 16.5 Å². The molecule has 0 amide bonds. The van der Waals surface area contributed by atoms with E-state index in [1.54, 1.807) is 0 Å². The molecule has 1 aromatic heterocycles. The van der Waals surface area contributed by atoms with Crippen LogP contribution in [0, 0.1) is 18.6 Å². The van der Waals surface area contributed by atoms with Crippen LogP contribution in [0.2, 0.25) is 0 Å². The maximum atomic E-state index is 15.2. The molecule has 5 nitrogen and oxygen atoms in total. The highest BCUT2D eigenvalue weighted by atomic mass is 32.2. The lowest BCUT2D eigenvalue weighted by Gasteiger charge is -2.42. The molecule has 4 aromatic rings. The first-order valence-corrected chi connectivity index (χ1v) is 14.7. The van der Waals surface area contributed by atoms with Crippen LogP contribution in [0.1, 0.15) is 59.0 Å². The molecule has 0 bridgehead atoms. The van der Waals surface area contributed by atoms with Crippen molar-refractivity contribution in [2.24, 2.45) is 10.8 Å². The summed E-state index contributed by atoms with van der Waals surface area (Å²) in [5.41, 5.74) is 10.9. The van der Waals surface area contributed by atoms with Crippen LogP contribution < -0.4 is 10.7 Å². The van der Waals surface area contributed by atoms with Gasteiger partial charge in [-0.3, -0.25) is 0 Å². The van der Waals surface area contributed by atoms with Gasteiger partial charge in [-0.05, 0) is 73.2 Å². The topological polar surface area (TPSA) is 67.4 Å². The van der Waals surface area contributed by atoms with Gasteiger partial charge < -0.3 is 5.73 Å². The monoisotopic (exact) mass is 563 g/mol. The van der Waals surface area contributed by atoms with Crippen LogP contribution in [-0.2, 0) is 17.7 Å². The van der Waals surface area contributed by atoms with E-state index in [4.69, 9.17) is 10.8 Å². The number of benzene rings is 3. The number of hydrogen-bond acceptors (Lipinski definition) is 7. The maximum Gasteiger partial charge on any atom is 0.230 e. The first-order chi connectivity index (χ1) is 18.9. The highest BCUT2D eigenvalue weighted by Gasteiger charge is 2.53. The third-order valence-corrected chi connectivity index (χ3v) is 9.36. The van der Waals surface area contributed by atoms with Gasteiger partial charge in [-0.25, -0.2) is 13.8 Å². The highest BCUT2D eigenvalue weighted by Crippen LogP contribution is 2.58. The van der Waals surface area contributed by atoms with Crippen LogP contribution in [0.5, 0.6) is 0 Å². The predicted octanol–water partition coefficient (Wildman–Crippen LogP) is 7.15. The Hall–Kier alpha value is -3.14. The molecule has 3 aromatic carbocycles. The quantitative estimate of drug-likeness (QED) is 0.234. The molecule has 9 heteroatoms. The largest absolute Gasteiger partial charge is 0.330 e. The zero-order chi connectivity index (χ0) is 27.6. The lowest BCUT2D eigenvalue weighted by molar-refractivity contribution is 0.451. The van der Waals surface area contributed by atoms with Gasteiger partial charge >= 0.3 is 0 Å². The molecule has 0 fully saturated rings. The summed E-state index contributed by atoms with van der Waals surface area (Å²) in [6.45, 7) is 6.57. The van der Waals surface area contributed by atoms with Gasteiger partial charge in [0.25, 0.3) is 0 Å². The van der Waals surface area contributed by atoms with Gasteiger partial charge in [0, 0.05) is 11.5 Å². The number of thioether (sulfide) groups is 1. The van der Waals surface area contributed by atoms with Gasteiger partial charge in [0.1, 0.15) is 26.6 Å². The number of rotatable bonds is 9. The van der Waals surface area contributed by atoms with Gasteiger partial charge in [0.05, 0.1) is 0 Å². The summed E-state index contributed by atoms with van der Waals surface area (Å²) in [5, 5.41) is 17.4. The third-order valence-electron chi connectivity index (χ3n) is 7.05. The molecule has 0 saturated heterocycles. The molecule has 0 aliphatic carbocycles. The van der Waals surface area contributed by atoms with Crippen LogP contribution in [0.15, 0.2) is 71.8 Å². The van der Waals surface area contributed by atoms with Crippen LogP contribution in [0.4, 0.5) is 13.9 Å². The lowest BCUT2D eigenvalue weighted by atomic mass is 9.82.